The van der Waals surface area contributed by atoms with E-state index in [0.29, 0.717) is 0 Å². The van der Waals surface area contributed by atoms with Crippen LogP contribution in [0.3, 0.4) is 0 Å². The molecule has 0 saturated heterocycles. The summed E-state index contributed by atoms with van der Waals surface area (Å²) in [5.41, 5.74) is 7.25. The van der Waals surface area contributed by atoms with Crippen LogP contribution in [0.5, 0.6) is 0 Å². The van der Waals surface area contributed by atoms with Crippen LogP contribution in [0.4, 0.5) is 0 Å². The fourth-order valence-electron chi connectivity index (χ4n) is 9.04. The molecular formula is C57H45Au2N2P2+2. The molecule has 313 valence electrons. The van der Waals surface area contributed by atoms with Gasteiger partial charge in [-0.1, -0.05) is 139 Å². The van der Waals surface area contributed by atoms with E-state index in [0.717, 1.165) is 5.56 Å². The fourth-order valence-corrected chi connectivity index (χ4v) is 15.1. The molecule has 63 heavy (non-hydrogen) atoms. The molecule has 0 aliphatic rings. The Morgan fingerprint density at radius 1 is 0.397 bits per heavy atom. The number of rotatable bonds is 8. The molecule has 9 aromatic carbocycles. The molecule has 11 rings (SSSR count). The second-order valence-electron chi connectivity index (χ2n) is 15.3. The molecule has 0 aliphatic carbocycles. The van der Waals surface area contributed by atoms with Crippen LogP contribution < -0.4 is 31.8 Å². The van der Waals surface area contributed by atoms with Crippen molar-refractivity contribution in [2.24, 2.45) is 7.05 Å². The van der Waals surface area contributed by atoms with E-state index in [1.165, 1.54) is 81.1 Å². The minimum Gasteiger partial charge on any atom is -0.345 e. The van der Waals surface area contributed by atoms with Gasteiger partial charge in [0.1, 0.15) is 47.7 Å². The van der Waals surface area contributed by atoms with E-state index in [2.05, 4.69) is 241 Å². The van der Waals surface area contributed by atoms with Crippen LogP contribution in [-0.4, -0.2) is 9.13 Å². The Kier molecular flexibility index (Phi) is 14.1. The second kappa shape index (κ2) is 20.0. The quantitative estimate of drug-likeness (QED) is 0.0815. The molecule has 0 spiro atoms. The molecule has 6 heteroatoms. The molecular weight excluding hydrogens is 1170 g/mol. The van der Waals surface area contributed by atoms with Gasteiger partial charge in [0, 0.05) is 63.0 Å². The molecule has 0 unspecified atom stereocenters. The molecule has 0 fully saturated rings. The zero-order valence-corrected chi connectivity index (χ0v) is 40.9. The molecule has 2 heterocycles. The van der Waals surface area contributed by atoms with Crippen molar-refractivity contribution in [3.05, 3.63) is 243 Å². The summed E-state index contributed by atoms with van der Waals surface area (Å²) in [6.45, 7) is 5.68. The molecule has 0 amide bonds. The van der Waals surface area contributed by atoms with Gasteiger partial charge in [0.25, 0.3) is 0 Å². The van der Waals surface area contributed by atoms with E-state index in [4.69, 9.17) is 6.58 Å². The van der Waals surface area contributed by atoms with Crippen LogP contribution >= 0.6 is 15.8 Å². The smallest absolute Gasteiger partial charge is 0.345 e. The number of aromatic nitrogens is 2. The standard InChI is InChI=1S/C42H31NP2.C15H12N.2Au/c1-6-18-32(19-7-1)43-39-29-17-16-28-37(39)38-30-41(44(33-20-8-2-9-21-33)34-22-10-3-11-23-34)42(31-40(38)43)45(35-24-12-4-13-25-35)36-26-14-5-15-27-36;1-3-11-7-6-10-14-15(11)12-8-4-5-9-13(12)16(14)2;;/h1-31H;1,3-10H,2H3;;/q;-1;;+1/p+2. The third-order valence-electron chi connectivity index (χ3n) is 11.8. The average Bonchev–Trinajstić information content (AvgIpc) is 3.82. The van der Waals surface area contributed by atoms with Crippen molar-refractivity contribution < 1.29 is 44.8 Å². The van der Waals surface area contributed by atoms with Crippen LogP contribution in [0.1, 0.15) is 5.56 Å². The molecule has 11 aromatic rings. The minimum absolute atomic E-state index is 0. The predicted molar refractivity (Wildman–Crippen MR) is 270 cm³/mol. The monoisotopic (exact) mass is 1210 g/mol. The van der Waals surface area contributed by atoms with Crippen LogP contribution in [0, 0.1) is 6.58 Å². The third-order valence-corrected chi connectivity index (χ3v) is 17.6. The maximum Gasteiger partial charge on any atom is 1.00 e. The summed E-state index contributed by atoms with van der Waals surface area (Å²) in [6.07, 6.45) is 1.68. The first kappa shape index (κ1) is 44.3. The van der Waals surface area contributed by atoms with Gasteiger partial charge in [-0.15, -0.1) is 6.07 Å². The fraction of sp³-hybridized carbons (Fsp3) is 0.0175. The number of nitrogens with zero attached hydrogens (tertiary/aromatic N) is 2. The molecule has 2 nitrogen and oxygen atoms in total. The Bertz CT molecular complexity index is 3200. The van der Waals surface area contributed by atoms with E-state index in [-0.39, 0.29) is 44.8 Å². The molecule has 0 aliphatic heterocycles. The number of fused-ring (bicyclic) bond motifs is 6. The van der Waals surface area contributed by atoms with Gasteiger partial charge in [-0.25, -0.2) is 6.08 Å². The predicted octanol–water partition coefficient (Wildman–Crippen LogP) is 11.5. The molecule has 2 aromatic heterocycles. The van der Waals surface area contributed by atoms with Gasteiger partial charge < -0.3 is 9.13 Å². The summed E-state index contributed by atoms with van der Waals surface area (Å²) in [5.74, 6) is 0. The van der Waals surface area contributed by atoms with Crippen molar-refractivity contribution in [2.45, 2.75) is 0 Å². The number of benzene rings is 9. The third kappa shape index (κ3) is 8.56. The van der Waals surface area contributed by atoms with E-state index in [1.807, 2.05) is 6.07 Å². The number of hydrogen-bond donors (Lipinski definition) is 0. The van der Waals surface area contributed by atoms with Gasteiger partial charge in [-0.05, 0) is 90.3 Å². The maximum absolute atomic E-state index is 5.68. The molecule has 1 radical (unpaired) electrons. The van der Waals surface area contributed by atoms with Gasteiger partial charge in [0.05, 0.1) is 11.0 Å². The average molecular weight is 1210 g/mol. The first-order chi connectivity index (χ1) is 30.2. The molecule has 0 N–H and O–H groups in total. The summed E-state index contributed by atoms with van der Waals surface area (Å²) < 4.78 is 4.67. The normalized spacial score (nSPS) is 11.0. The topological polar surface area (TPSA) is 9.86 Å². The Labute approximate surface area is 403 Å². The zero-order chi connectivity index (χ0) is 41.1. The molecule has 0 saturated carbocycles. The largest absolute Gasteiger partial charge is 1.00 e. The Morgan fingerprint density at radius 2 is 0.810 bits per heavy atom. The Hall–Kier alpha value is -5.34. The number of para-hydroxylation sites is 3. The van der Waals surface area contributed by atoms with Crippen molar-refractivity contribution in [3.8, 4) is 5.69 Å². The number of hydrogen-bond acceptors (Lipinski definition) is 0. The summed E-state index contributed by atoms with van der Waals surface area (Å²) in [4.78, 5) is 0. The van der Waals surface area contributed by atoms with Crippen LogP contribution in [-0.2, 0) is 51.8 Å². The van der Waals surface area contributed by atoms with E-state index < -0.39 is 15.8 Å². The second-order valence-corrected chi connectivity index (χ2v) is 20.2. The Morgan fingerprint density at radius 3 is 1.32 bits per heavy atom. The van der Waals surface area contributed by atoms with Crippen LogP contribution in [0.25, 0.3) is 55.4 Å². The summed E-state index contributed by atoms with van der Waals surface area (Å²) in [5, 5.41) is 13.7. The zero-order valence-electron chi connectivity index (χ0n) is 34.6. The first-order valence-corrected chi connectivity index (χ1v) is 23.8. The van der Waals surface area contributed by atoms with Gasteiger partial charge in [-0.2, -0.15) is 5.56 Å². The van der Waals surface area contributed by atoms with Crippen molar-refractivity contribution >= 4 is 97.4 Å². The van der Waals surface area contributed by atoms with Crippen molar-refractivity contribution in [2.75, 3.05) is 0 Å². The van der Waals surface area contributed by atoms with Gasteiger partial charge in [0.2, 0.25) is 0 Å². The summed E-state index contributed by atoms with van der Waals surface area (Å²) in [7, 11) is -0.653. The van der Waals surface area contributed by atoms with E-state index in [1.54, 1.807) is 6.08 Å². The molecule has 0 bridgehead atoms. The van der Waals surface area contributed by atoms with Crippen molar-refractivity contribution in [1.29, 1.82) is 0 Å². The molecule has 0 atom stereocenters. The maximum atomic E-state index is 5.68. The SMILES string of the molecule is [Au+].[Au].[CH-]=Cc1cccc2c1c1ccccc1n2C.c1ccc(-n2c3ccccc3c3cc([PH+](c4ccccc4)c4ccccc4)c([PH+](c4ccccc4)c4ccccc4)cc32)cc1. The van der Waals surface area contributed by atoms with Crippen molar-refractivity contribution in [1.82, 2.24) is 9.13 Å². The summed E-state index contributed by atoms with van der Waals surface area (Å²) in [6, 6.07) is 84.2. The van der Waals surface area contributed by atoms with Crippen molar-refractivity contribution in [3.63, 3.8) is 0 Å². The number of aryl methyl sites for hydroxylation is 1. The summed E-state index contributed by atoms with van der Waals surface area (Å²) >= 11 is 0. The van der Waals surface area contributed by atoms with Gasteiger partial charge in [-0.3, -0.25) is 6.58 Å². The van der Waals surface area contributed by atoms with E-state index in [9.17, 15) is 0 Å². The van der Waals surface area contributed by atoms with Gasteiger partial charge in [0.15, 0.2) is 0 Å². The first-order valence-electron chi connectivity index (χ1n) is 20.8. The van der Waals surface area contributed by atoms with Crippen LogP contribution in [0.2, 0.25) is 0 Å². The van der Waals surface area contributed by atoms with Gasteiger partial charge >= 0.3 is 22.4 Å². The Balaban J connectivity index is 0.000000254. The minimum atomic E-state index is -1.38. The van der Waals surface area contributed by atoms with Crippen LogP contribution in [0.15, 0.2) is 231 Å². The van der Waals surface area contributed by atoms with E-state index >= 15 is 0 Å².